The third-order valence-electron chi connectivity index (χ3n) is 4.18. The van der Waals surface area contributed by atoms with E-state index in [-0.39, 0.29) is 27.5 Å². The highest BCUT2D eigenvalue weighted by Crippen LogP contribution is 2.37. The van der Waals surface area contributed by atoms with Crippen molar-refractivity contribution in [1.82, 2.24) is 0 Å². The minimum absolute atomic E-state index is 0.159. The molecule has 0 amide bonds. The van der Waals surface area contributed by atoms with E-state index in [1.54, 1.807) is 24.3 Å². The number of hydrogen-bond acceptors (Lipinski definition) is 8. The van der Waals surface area contributed by atoms with Gasteiger partial charge in [0.15, 0.2) is 17.3 Å². The van der Waals surface area contributed by atoms with Crippen molar-refractivity contribution >= 4 is 35.0 Å². The summed E-state index contributed by atoms with van der Waals surface area (Å²) in [4.78, 5) is 37.0. The van der Waals surface area contributed by atoms with Gasteiger partial charge in [0.25, 0.3) is 0 Å². The third-order valence-corrected chi connectivity index (χ3v) is 4.51. The van der Waals surface area contributed by atoms with Crippen LogP contribution in [0.15, 0.2) is 48.2 Å². The molecule has 0 unspecified atom stereocenters. The molecule has 2 aromatic carbocycles. The van der Waals surface area contributed by atoms with Crippen LogP contribution in [0.25, 0.3) is 0 Å². The molecule has 1 aliphatic rings. The second kappa shape index (κ2) is 9.32. The van der Waals surface area contributed by atoms with E-state index in [9.17, 15) is 14.4 Å². The first-order chi connectivity index (χ1) is 14.4. The van der Waals surface area contributed by atoms with Gasteiger partial charge in [-0.3, -0.25) is 4.79 Å². The van der Waals surface area contributed by atoms with Crippen molar-refractivity contribution < 1.29 is 33.3 Å². The maximum atomic E-state index is 13.2. The fourth-order valence-corrected chi connectivity index (χ4v) is 2.97. The molecule has 0 fully saturated rings. The maximum absolute atomic E-state index is 13.2. The molecule has 0 bridgehead atoms. The Labute approximate surface area is 177 Å². The lowest BCUT2D eigenvalue weighted by atomic mass is 10.00. The summed E-state index contributed by atoms with van der Waals surface area (Å²) in [6, 6.07) is 9.56. The minimum Gasteiger partial charge on any atom is -0.486 e. The molecule has 1 aliphatic heterocycles. The van der Waals surface area contributed by atoms with Crippen molar-refractivity contribution in [3.8, 4) is 11.5 Å². The van der Waals surface area contributed by atoms with E-state index in [4.69, 9.17) is 25.8 Å². The number of benzene rings is 2. The maximum Gasteiger partial charge on any atom is 0.354 e. The summed E-state index contributed by atoms with van der Waals surface area (Å²) in [5, 5.41) is 3.04. The fraction of sp³-hybridized carbons (Fsp3) is 0.190. The highest BCUT2D eigenvalue weighted by molar-refractivity contribution is 6.35. The van der Waals surface area contributed by atoms with Gasteiger partial charge in [-0.1, -0.05) is 23.7 Å². The van der Waals surface area contributed by atoms with E-state index >= 15 is 0 Å². The monoisotopic (exact) mass is 431 g/mol. The lowest BCUT2D eigenvalue weighted by Gasteiger charge is -2.22. The standard InChI is InChI=1S/C21H18ClNO7/c1-27-19(24)11-16(21(26)28-2)23-15-10-18-17(29-7-8-30-18)9-13(15)20(25)12-5-3-4-6-14(12)22/h3-6,9-11,23H,7-8H2,1-2H3/b16-11+. The first-order valence-corrected chi connectivity index (χ1v) is 9.20. The summed E-state index contributed by atoms with van der Waals surface area (Å²) in [6.45, 7) is 0.654. The van der Waals surface area contributed by atoms with Crippen LogP contribution < -0.4 is 14.8 Å². The van der Waals surface area contributed by atoms with E-state index in [0.29, 0.717) is 24.7 Å². The molecule has 0 radical (unpaired) electrons. The molecule has 30 heavy (non-hydrogen) atoms. The Morgan fingerprint density at radius 3 is 2.30 bits per heavy atom. The third kappa shape index (κ3) is 4.55. The molecule has 0 spiro atoms. The van der Waals surface area contributed by atoms with Crippen molar-refractivity contribution in [2.24, 2.45) is 0 Å². The number of rotatable bonds is 6. The molecule has 9 heteroatoms. The van der Waals surface area contributed by atoms with Gasteiger partial charge >= 0.3 is 11.9 Å². The number of fused-ring (bicyclic) bond motifs is 1. The second-order valence-corrected chi connectivity index (χ2v) is 6.46. The Morgan fingerprint density at radius 2 is 1.67 bits per heavy atom. The van der Waals surface area contributed by atoms with Crippen LogP contribution in [0.4, 0.5) is 5.69 Å². The van der Waals surface area contributed by atoms with Gasteiger partial charge in [-0.2, -0.15) is 0 Å². The molecule has 0 saturated carbocycles. The van der Waals surface area contributed by atoms with Gasteiger partial charge in [0.05, 0.1) is 36.6 Å². The Hall–Kier alpha value is -3.52. The Morgan fingerprint density at radius 1 is 1.00 bits per heavy atom. The number of nitrogens with one attached hydrogen (secondary N) is 1. The zero-order valence-electron chi connectivity index (χ0n) is 16.2. The summed E-state index contributed by atoms with van der Waals surface area (Å²) in [5.41, 5.74) is 0.390. The molecule has 3 rings (SSSR count). The number of methoxy groups -OCH3 is 2. The van der Waals surface area contributed by atoms with Crippen molar-refractivity contribution in [2.75, 3.05) is 32.8 Å². The van der Waals surface area contributed by atoms with Gasteiger partial charge < -0.3 is 24.3 Å². The summed E-state index contributed by atoms with van der Waals surface area (Å²) in [5.74, 6) is -1.27. The zero-order chi connectivity index (χ0) is 21.7. The van der Waals surface area contributed by atoms with Gasteiger partial charge in [-0.15, -0.1) is 0 Å². The van der Waals surface area contributed by atoms with Gasteiger partial charge in [-0.05, 0) is 18.2 Å². The number of ether oxygens (including phenoxy) is 4. The number of esters is 2. The molecule has 2 aromatic rings. The van der Waals surface area contributed by atoms with Crippen LogP contribution in [0.5, 0.6) is 11.5 Å². The van der Waals surface area contributed by atoms with Gasteiger partial charge in [0.1, 0.15) is 18.9 Å². The van der Waals surface area contributed by atoms with Crippen LogP contribution in [-0.2, 0) is 19.1 Å². The first-order valence-electron chi connectivity index (χ1n) is 8.82. The molecule has 0 aliphatic carbocycles. The molecular formula is C21H18ClNO7. The lowest BCUT2D eigenvalue weighted by molar-refractivity contribution is -0.138. The van der Waals surface area contributed by atoms with E-state index in [1.807, 2.05) is 0 Å². The molecule has 1 N–H and O–H groups in total. The van der Waals surface area contributed by atoms with Crippen molar-refractivity contribution in [3.63, 3.8) is 0 Å². The van der Waals surface area contributed by atoms with Crippen LogP contribution in [0, 0.1) is 0 Å². The van der Waals surface area contributed by atoms with Gasteiger partial charge in [0.2, 0.25) is 0 Å². The number of halogens is 1. The first kappa shape index (κ1) is 21.2. The van der Waals surface area contributed by atoms with Crippen LogP contribution >= 0.6 is 11.6 Å². The van der Waals surface area contributed by atoms with E-state index < -0.39 is 17.7 Å². The largest absolute Gasteiger partial charge is 0.486 e. The molecule has 0 atom stereocenters. The van der Waals surface area contributed by atoms with Gasteiger partial charge in [0, 0.05) is 11.6 Å². The van der Waals surface area contributed by atoms with Crippen LogP contribution in [-0.4, -0.2) is 45.2 Å². The Bertz CT molecular complexity index is 1030. The summed E-state index contributed by atoms with van der Waals surface area (Å²) < 4.78 is 20.4. The minimum atomic E-state index is -0.827. The van der Waals surface area contributed by atoms with Crippen molar-refractivity contribution in [3.05, 3.63) is 64.3 Å². The molecule has 8 nitrogen and oxygen atoms in total. The average molecular weight is 432 g/mol. The van der Waals surface area contributed by atoms with Crippen LogP contribution in [0.1, 0.15) is 15.9 Å². The summed E-state index contributed by atoms with van der Waals surface area (Å²) in [6.07, 6.45) is 0.923. The Kier molecular flexibility index (Phi) is 6.58. The zero-order valence-corrected chi connectivity index (χ0v) is 16.9. The second-order valence-electron chi connectivity index (χ2n) is 6.05. The number of carbonyl (C=O) groups is 3. The topological polar surface area (TPSA) is 100 Å². The highest BCUT2D eigenvalue weighted by Gasteiger charge is 2.24. The highest BCUT2D eigenvalue weighted by atomic mass is 35.5. The SMILES string of the molecule is COC(=O)/C=C(/Nc1cc2c(cc1C(=O)c1ccccc1Cl)OCCO2)C(=O)OC. The molecule has 156 valence electrons. The molecule has 0 aromatic heterocycles. The van der Waals surface area contributed by atoms with Crippen LogP contribution in [0.3, 0.4) is 0 Å². The van der Waals surface area contributed by atoms with E-state index in [0.717, 1.165) is 13.2 Å². The number of ketones is 1. The summed E-state index contributed by atoms with van der Waals surface area (Å²) >= 11 is 6.19. The van der Waals surface area contributed by atoms with E-state index in [1.165, 1.54) is 19.2 Å². The predicted molar refractivity (Wildman–Crippen MR) is 108 cm³/mol. The lowest BCUT2D eigenvalue weighted by Crippen LogP contribution is -2.19. The van der Waals surface area contributed by atoms with Crippen molar-refractivity contribution in [2.45, 2.75) is 0 Å². The fourth-order valence-electron chi connectivity index (χ4n) is 2.75. The number of anilines is 1. The molecular weight excluding hydrogens is 414 g/mol. The Balaban J connectivity index is 2.11. The van der Waals surface area contributed by atoms with Crippen LogP contribution in [0.2, 0.25) is 5.02 Å². The van der Waals surface area contributed by atoms with Crippen molar-refractivity contribution in [1.29, 1.82) is 0 Å². The molecule has 1 heterocycles. The normalized spacial score (nSPS) is 12.7. The summed E-state index contributed by atoms with van der Waals surface area (Å²) in [7, 11) is 2.33. The smallest absolute Gasteiger partial charge is 0.354 e. The average Bonchev–Trinajstić information content (AvgIpc) is 2.77. The van der Waals surface area contributed by atoms with Gasteiger partial charge in [-0.25, -0.2) is 9.59 Å². The van der Waals surface area contributed by atoms with E-state index in [2.05, 4.69) is 10.1 Å². The predicted octanol–water partition coefficient (Wildman–Crippen LogP) is 2.98. The quantitative estimate of drug-likeness (QED) is 0.423. The number of carbonyl (C=O) groups excluding carboxylic acids is 3. The number of hydrogen-bond donors (Lipinski definition) is 1. The molecule has 0 saturated heterocycles.